The second-order valence-corrected chi connectivity index (χ2v) is 4.11. The first-order chi connectivity index (χ1) is 5.58. The van der Waals surface area contributed by atoms with E-state index in [1.54, 1.807) is 0 Å². The van der Waals surface area contributed by atoms with Crippen molar-refractivity contribution in [2.24, 2.45) is 0 Å². The Morgan fingerprint density at radius 2 is 2.17 bits per heavy atom. The van der Waals surface area contributed by atoms with Crippen LogP contribution in [0.4, 0.5) is 0 Å². The van der Waals surface area contributed by atoms with Gasteiger partial charge in [-0.2, -0.15) is 0 Å². The van der Waals surface area contributed by atoms with Crippen molar-refractivity contribution in [3.63, 3.8) is 0 Å². The van der Waals surface area contributed by atoms with Crippen LogP contribution in [0, 0.1) is 0 Å². The van der Waals surface area contributed by atoms with Crippen molar-refractivity contribution in [3.05, 3.63) is 24.3 Å². The molecular weight excluding hydrogens is 179 g/mol. The van der Waals surface area contributed by atoms with E-state index in [0.29, 0.717) is 5.69 Å². The first kappa shape index (κ1) is 9.32. The van der Waals surface area contributed by atoms with Crippen molar-refractivity contribution in [1.82, 2.24) is 9.97 Å². The zero-order valence-corrected chi connectivity index (χ0v) is 7.19. The van der Waals surface area contributed by atoms with Gasteiger partial charge in [0.25, 0.3) is 0 Å². The fourth-order valence-corrected chi connectivity index (χ4v) is 1.24. The summed E-state index contributed by atoms with van der Waals surface area (Å²) in [5.41, 5.74) is 0.598. The molecule has 0 aliphatic carbocycles. The van der Waals surface area contributed by atoms with Gasteiger partial charge in [-0.15, -0.1) is 0 Å². The van der Waals surface area contributed by atoms with Crippen molar-refractivity contribution in [3.8, 4) is 0 Å². The number of aryl methyl sites for hydroxylation is 1. The highest BCUT2D eigenvalue weighted by molar-refractivity contribution is 7.51. The molecule has 1 heterocycles. The lowest BCUT2D eigenvalue weighted by Gasteiger charge is -2.01. The summed E-state index contributed by atoms with van der Waals surface area (Å²) in [6.07, 6.45) is 4.59. The topological polar surface area (TPSA) is 83.3 Å². The van der Waals surface area contributed by atoms with E-state index in [2.05, 4.69) is 9.97 Å². The first-order valence-corrected chi connectivity index (χ1v) is 5.17. The lowest BCUT2D eigenvalue weighted by Crippen LogP contribution is -1.96. The highest BCUT2D eigenvalue weighted by Gasteiger charge is 2.12. The Balaban J connectivity index is 2.50. The molecule has 0 aliphatic heterocycles. The zero-order valence-electron chi connectivity index (χ0n) is 6.29. The third-order valence-electron chi connectivity index (χ3n) is 1.28. The monoisotopic (exact) mass is 188 g/mol. The van der Waals surface area contributed by atoms with Crippen LogP contribution in [0.2, 0.25) is 0 Å². The van der Waals surface area contributed by atoms with Crippen LogP contribution in [-0.4, -0.2) is 25.9 Å². The molecule has 66 valence electrons. The molecule has 1 rings (SSSR count). The molecular formula is C6H9N2O3P. The summed E-state index contributed by atoms with van der Waals surface area (Å²) in [6.45, 7) is 0. The highest BCUT2D eigenvalue weighted by Crippen LogP contribution is 2.34. The molecule has 0 saturated heterocycles. The van der Waals surface area contributed by atoms with Gasteiger partial charge < -0.3 is 9.79 Å². The third kappa shape index (κ3) is 3.57. The van der Waals surface area contributed by atoms with E-state index < -0.39 is 7.60 Å². The van der Waals surface area contributed by atoms with E-state index in [0.717, 1.165) is 0 Å². The van der Waals surface area contributed by atoms with Gasteiger partial charge in [-0.05, 0) is 0 Å². The average molecular weight is 188 g/mol. The van der Waals surface area contributed by atoms with Gasteiger partial charge in [-0.3, -0.25) is 14.5 Å². The molecule has 0 bridgehead atoms. The van der Waals surface area contributed by atoms with Crippen LogP contribution < -0.4 is 0 Å². The molecule has 0 spiro atoms. The van der Waals surface area contributed by atoms with E-state index >= 15 is 0 Å². The fourth-order valence-electron chi connectivity index (χ4n) is 0.719. The Kier molecular flexibility index (Phi) is 2.92. The normalized spacial score (nSPS) is 11.5. The van der Waals surface area contributed by atoms with Crippen molar-refractivity contribution in [2.45, 2.75) is 6.42 Å². The van der Waals surface area contributed by atoms with Gasteiger partial charge in [-0.1, -0.05) is 0 Å². The molecule has 12 heavy (non-hydrogen) atoms. The summed E-state index contributed by atoms with van der Waals surface area (Å²) in [5, 5.41) is 0. The third-order valence-corrected chi connectivity index (χ3v) is 2.08. The molecule has 0 amide bonds. The summed E-state index contributed by atoms with van der Waals surface area (Å²) in [5.74, 6) is 0. The Hall–Kier alpha value is -0.770. The smallest absolute Gasteiger partial charge is 0.324 e. The number of nitrogens with zero attached hydrogens (tertiary/aromatic N) is 2. The van der Waals surface area contributed by atoms with Gasteiger partial charge in [-0.25, -0.2) is 0 Å². The minimum Gasteiger partial charge on any atom is -0.324 e. The predicted molar refractivity (Wildman–Crippen MR) is 42.6 cm³/mol. The van der Waals surface area contributed by atoms with Gasteiger partial charge >= 0.3 is 7.60 Å². The Morgan fingerprint density at radius 1 is 1.42 bits per heavy atom. The van der Waals surface area contributed by atoms with E-state index in [4.69, 9.17) is 9.79 Å². The van der Waals surface area contributed by atoms with Crippen molar-refractivity contribution in [1.29, 1.82) is 0 Å². The lowest BCUT2D eigenvalue weighted by atomic mass is 10.4. The maximum Gasteiger partial charge on any atom is 0.325 e. The second kappa shape index (κ2) is 3.76. The summed E-state index contributed by atoms with van der Waals surface area (Å²) < 4.78 is 10.5. The van der Waals surface area contributed by atoms with E-state index in [1.165, 1.54) is 18.6 Å². The summed E-state index contributed by atoms with van der Waals surface area (Å²) in [4.78, 5) is 24.7. The summed E-state index contributed by atoms with van der Waals surface area (Å²) in [7, 11) is -3.90. The molecule has 0 aliphatic rings. The minimum atomic E-state index is -3.90. The molecule has 0 atom stereocenters. The molecule has 1 aromatic rings. The van der Waals surface area contributed by atoms with Crippen molar-refractivity contribution in [2.75, 3.05) is 6.16 Å². The fraction of sp³-hybridized carbons (Fsp3) is 0.333. The number of rotatable bonds is 3. The first-order valence-electron chi connectivity index (χ1n) is 3.37. The molecule has 0 radical (unpaired) electrons. The SMILES string of the molecule is O=P(O)(O)CCc1cnccn1. The van der Waals surface area contributed by atoms with Gasteiger partial charge in [0, 0.05) is 25.0 Å². The second-order valence-electron chi connectivity index (χ2n) is 2.34. The highest BCUT2D eigenvalue weighted by atomic mass is 31.2. The van der Waals surface area contributed by atoms with Gasteiger partial charge in [0.05, 0.1) is 11.9 Å². The molecule has 0 fully saturated rings. The Bertz CT molecular complexity index is 284. The molecule has 0 unspecified atom stereocenters. The standard InChI is InChI=1S/C6H9N2O3P/c9-12(10,11)4-1-6-5-7-2-3-8-6/h2-3,5H,1,4H2,(H2,9,10,11). The molecule has 1 aromatic heterocycles. The summed E-state index contributed by atoms with van der Waals surface area (Å²) >= 11 is 0. The van der Waals surface area contributed by atoms with E-state index in [1.807, 2.05) is 0 Å². The van der Waals surface area contributed by atoms with Crippen LogP contribution in [0.25, 0.3) is 0 Å². The molecule has 2 N–H and O–H groups in total. The average Bonchev–Trinajstić information content (AvgIpc) is 2.02. The van der Waals surface area contributed by atoms with E-state index in [-0.39, 0.29) is 12.6 Å². The van der Waals surface area contributed by atoms with Crippen LogP contribution in [0.15, 0.2) is 18.6 Å². The Morgan fingerprint density at radius 3 is 2.67 bits per heavy atom. The molecule has 0 aromatic carbocycles. The molecule has 0 saturated carbocycles. The van der Waals surface area contributed by atoms with Crippen molar-refractivity contribution >= 4 is 7.60 Å². The Labute approximate surface area is 69.7 Å². The van der Waals surface area contributed by atoms with Crippen LogP contribution in [0.3, 0.4) is 0 Å². The molecule has 6 heteroatoms. The number of aromatic nitrogens is 2. The molecule has 5 nitrogen and oxygen atoms in total. The van der Waals surface area contributed by atoms with Crippen LogP contribution in [-0.2, 0) is 11.0 Å². The van der Waals surface area contributed by atoms with Crippen LogP contribution in [0.1, 0.15) is 5.69 Å². The maximum atomic E-state index is 10.5. The van der Waals surface area contributed by atoms with Gasteiger partial charge in [0.2, 0.25) is 0 Å². The van der Waals surface area contributed by atoms with Crippen LogP contribution >= 0.6 is 7.60 Å². The maximum absolute atomic E-state index is 10.5. The van der Waals surface area contributed by atoms with E-state index in [9.17, 15) is 4.57 Å². The van der Waals surface area contributed by atoms with Crippen molar-refractivity contribution < 1.29 is 14.4 Å². The minimum absolute atomic E-state index is 0.175. The quantitative estimate of drug-likeness (QED) is 0.662. The number of hydrogen-bond donors (Lipinski definition) is 2. The van der Waals surface area contributed by atoms with Crippen LogP contribution in [0.5, 0.6) is 0 Å². The lowest BCUT2D eigenvalue weighted by molar-refractivity contribution is 0.373. The van der Waals surface area contributed by atoms with Gasteiger partial charge in [0.1, 0.15) is 0 Å². The zero-order chi connectivity index (χ0) is 9.03. The summed E-state index contributed by atoms with van der Waals surface area (Å²) in [6, 6.07) is 0. The largest absolute Gasteiger partial charge is 0.325 e. The predicted octanol–water partition coefficient (Wildman–Crippen LogP) is 0.197. The van der Waals surface area contributed by atoms with Gasteiger partial charge in [0.15, 0.2) is 0 Å². The number of hydrogen-bond acceptors (Lipinski definition) is 3.